The molecule has 0 N–H and O–H groups in total. The zero-order chi connectivity index (χ0) is 22.2. The summed E-state index contributed by atoms with van der Waals surface area (Å²) in [6.45, 7) is 6.77. The molecule has 1 aromatic carbocycles. The van der Waals surface area contributed by atoms with Gasteiger partial charge in [-0.2, -0.15) is 8.78 Å². The SMILES string of the molecule is CC(C)N1Cc2ccc(-c3cn(Cc4ccc(-c5nnc(C(F)F)o5)cn4)nn3)cc2C1. The second-order valence-corrected chi connectivity index (χ2v) is 8.07. The first kappa shape index (κ1) is 20.4. The Morgan fingerprint density at radius 2 is 1.81 bits per heavy atom. The number of aromatic nitrogens is 6. The van der Waals surface area contributed by atoms with Crippen LogP contribution in [0.5, 0.6) is 0 Å². The van der Waals surface area contributed by atoms with Gasteiger partial charge in [0, 0.05) is 30.9 Å². The van der Waals surface area contributed by atoms with E-state index in [0.717, 1.165) is 30.0 Å². The summed E-state index contributed by atoms with van der Waals surface area (Å²) in [5.41, 5.74) is 5.74. The van der Waals surface area contributed by atoms with Gasteiger partial charge in [0.25, 0.3) is 5.89 Å². The molecule has 0 saturated heterocycles. The normalized spacial score (nSPS) is 13.9. The van der Waals surface area contributed by atoms with Crippen LogP contribution in [0.1, 0.15) is 43.0 Å². The van der Waals surface area contributed by atoms with E-state index in [1.165, 1.54) is 17.3 Å². The molecule has 0 aliphatic carbocycles. The molecule has 8 nitrogen and oxygen atoms in total. The summed E-state index contributed by atoms with van der Waals surface area (Å²) in [5.74, 6) is -0.697. The molecule has 10 heteroatoms. The maximum Gasteiger partial charge on any atom is 0.314 e. The Bertz CT molecular complexity index is 1230. The topological polar surface area (TPSA) is 85.8 Å². The van der Waals surface area contributed by atoms with E-state index in [-0.39, 0.29) is 5.89 Å². The van der Waals surface area contributed by atoms with Crippen LogP contribution < -0.4 is 0 Å². The number of pyridine rings is 1. The number of hydrogen-bond donors (Lipinski definition) is 0. The molecule has 4 heterocycles. The molecule has 0 radical (unpaired) electrons. The van der Waals surface area contributed by atoms with Crippen molar-refractivity contribution in [2.45, 2.75) is 45.9 Å². The molecular formula is C22H21F2N7O. The second kappa shape index (κ2) is 8.19. The van der Waals surface area contributed by atoms with Gasteiger partial charge in [-0.1, -0.05) is 17.3 Å². The monoisotopic (exact) mass is 437 g/mol. The Hall–Kier alpha value is -3.53. The molecule has 32 heavy (non-hydrogen) atoms. The Labute approximate surface area is 182 Å². The molecule has 4 aromatic rings. The van der Waals surface area contributed by atoms with Gasteiger partial charge in [-0.15, -0.1) is 15.3 Å². The summed E-state index contributed by atoms with van der Waals surface area (Å²) in [4.78, 5) is 6.78. The van der Waals surface area contributed by atoms with Crippen LogP contribution in [0, 0.1) is 0 Å². The van der Waals surface area contributed by atoms with Gasteiger partial charge in [-0.25, -0.2) is 4.68 Å². The zero-order valence-electron chi connectivity index (χ0n) is 17.6. The molecule has 0 bridgehead atoms. The maximum absolute atomic E-state index is 12.6. The molecule has 0 atom stereocenters. The number of benzene rings is 1. The number of hydrogen-bond acceptors (Lipinski definition) is 7. The predicted molar refractivity (Wildman–Crippen MR) is 111 cm³/mol. The average Bonchev–Trinajstić information content (AvgIpc) is 3.53. The number of halogens is 2. The molecule has 0 saturated carbocycles. The van der Waals surface area contributed by atoms with Crippen molar-refractivity contribution in [3.63, 3.8) is 0 Å². The molecule has 1 aliphatic heterocycles. The first-order chi connectivity index (χ1) is 15.5. The van der Waals surface area contributed by atoms with E-state index in [2.05, 4.69) is 62.4 Å². The first-order valence-corrected chi connectivity index (χ1v) is 10.3. The molecule has 0 spiro atoms. The largest absolute Gasteiger partial charge is 0.415 e. The average molecular weight is 437 g/mol. The first-order valence-electron chi connectivity index (χ1n) is 10.3. The van der Waals surface area contributed by atoms with E-state index < -0.39 is 12.3 Å². The third kappa shape index (κ3) is 4.01. The molecule has 0 amide bonds. The van der Waals surface area contributed by atoms with Gasteiger partial charge in [0.15, 0.2) is 0 Å². The van der Waals surface area contributed by atoms with E-state index in [9.17, 15) is 8.78 Å². The Morgan fingerprint density at radius 3 is 2.53 bits per heavy atom. The molecule has 0 unspecified atom stereocenters. The van der Waals surface area contributed by atoms with Crippen molar-refractivity contribution in [1.29, 1.82) is 0 Å². The Kier molecular flexibility index (Phi) is 5.22. The van der Waals surface area contributed by atoms with E-state index in [1.807, 2.05) is 6.20 Å². The van der Waals surface area contributed by atoms with Crippen molar-refractivity contribution < 1.29 is 13.2 Å². The van der Waals surface area contributed by atoms with Crippen LogP contribution in [0.4, 0.5) is 8.78 Å². The van der Waals surface area contributed by atoms with Gasteiger partial charge >= 0.3 is 6.43 Å². The number of alkyl halides is 2. The summed E-state index contributed by atoms with van der Waals surface area (Å²) < 4.78 is 31.9. The van der Waals surface area contributed by atoms with Crippen molar-refractivity contribution in [2.24, 2.45) is 0 Å². The standard InChI is InChI=1S/C22H21F2N7O/c1-13(2)30-9-16-4-3-14(7-17(16)10-30)19-12-31(29-26-19)11-18-6-5-15(8-25-18)21-27-28-22(32-21)20(23)24/h3-8,12-13,20H,9-11H2,1-2H3. The van der Waals surface area contributed by atoms with Gasteiger partial charge in [-0.05, 0) is 43.2 Å². The van der Waals surface area contributed by atoms with Crippen LogP contribution in [-0.2, 0) is 19.6 Å². The van der Waals surface area contributed by atoms with E-state index in [1.54, 1.807) is 16.8 Å². The van der Waals surface area contributed by atoms with Crippen LogP contribution in [0.2, 0.25) is 0 Å². The van der Waals surface area contributed by atoms with Crippen LogP contribution in [0.3, 0.4) is 0 Å². The highest BCUT2D eigenvalue weighted by Gasteiger charge is 2.22. The van der Waals surface area contributed by atoms with Crippen molar-refractivity contribution in [1.82, 2.24) is 35.1 Å². The molecule has 3 aromatic heterocycles. The third-order valence-corrected chi connectivity index (χ3v) is 5.54. The maximum atomic E-state index is 12.6. The number of rotatable bonds is 6. The van der Waals surface area contributed by atoms with Gasteiger partial charge in [-0.3, -0.25) is 9.88 Å². The summed E-state index contributed by atoms with van der Waals surface area (Å²) in [7, 11) is 0. The number of nitrogens with zero attached hydrogens (tertiary/aromatic N) is 7. The summed E-state index contributed by atoms with van der Waals surface area (Å²) in [5, 5.41) is 15.5. The quantitative estimate of drug-likeness (QED) is 0.449. The lowest BCUT2D eigenvalue weighted by molar-refractivity contribution is 0.116. The molecule has 5 rings (SSSR count). The van der Waals surface area contributed by atoms with Gasteiger partial charge < -0.3 is 4.42 Å². The van der Waals surface area contributed by atoms with Crippen molar-refractivity contribution >= 4 is 0 Å². The van der Waals surface area contributed by atoms with Crippen molar-refractivity contribution in [2.75, 3.05) is 0 Å². The van der Waals surface area contributed by atoms with Crippen LogP contribution in [0.15, 0.2) is 47.1 Å². The van der Waals surface area contributed by atoms with Crippen LogP contribution in [-0.4, -0.2) is 41.1 Å². The molecule has 164 valence electrons. The lowest BCUT2D eigenvalue weighted by Crippen LogP contribution is -2.24. The van der Waals surface area contributed by atoms with Gasteiger partial charge in [0.05, 0.1) is 24.0 Å². The van der Waals surface area contributed by atoms with E-state index in [0.29, 0.717) is 18.2 Å². The van der Waals surface area contributed by atoms with E-state index in [4.69, 9.17) is 4.42 Å². The Balaban J connectivity index is 1.28. The lowest BCUT2D eigenvalue weighted by Gasteiger charge is -2.18. The highest BCUT2D eigenvalue weighted by atomic mass is 19.3. The van der Waals surface area contributed by atoms with Crippen LogP contribution in [0.25, 0.3) is 22.7 Å². The van der Waals surface area contributed by atoms with Crippen LogP contribution >= 0.6 is 0 Å². The summed E-state index contributed by atoms with van der Waals surface area (Å²) >= 11 is 0. The Morgan fingerprint density at radius 1 is 1.00 bits per heavy atom. The third-order valence-electron chi connectivity index (χ3n) is 5.54. The van der Waals surface area contributed by atoms with Gasteiger partial charge in [0.2, 0.25) is 5.89 Å². The minimum atomic E-state index is -2.80. The molecule has 0 fully saturated rings. The highest BCUT2D eigenvalue weighted by Crippen LogP contribution is 2.29. The number of fused-ring (bicyclic) bond motifs is 1. The summed E-state index contributed by atoms with van der Waals surface area (Å²) in [6.07, 6.45) is 0.598. The summed E-state index contributed by atoms with van der Waals surface area (Å²) in [6, 6.07) is 10.4. The second-order valence-electron chi connectivity index (χ2n) is 8.07. The minimum Gasteiger partial charge on any atom is -0.415 e. The fourth-order valence-electron chi connectivity index (χ4n) is 3.70. The smallest absolute Gasteiger partial charge is 0.314 e. The lowest BCUT2D eigenvalue weighted by atomic mass is 10.1. The predicted octanol–water partition coefficient (Wildman–Crippen LogP) is 4.10. The van der Waals surface area contributed by atoms with Gasteiger partial charge in [0.1, 0.15) is 5.69 Å². The van der Waals surface area contributed by atoms with Crippen molar-refractivity contribution in [3.8, 4) is 22.7 Å². The highest BCUT2D eigenvalue weighted by molar-refractivity contribution is 5.60. The molecular weight excluding hydrogens is 416 g/mol. The minimum absolute atomic E-state index is 0.00929. The fraction of sp³-hybridized carbons (Fsp3) is 0.318. The fourth-order valence-corrected chi connectivity index (χ4v) is 3.70. The molecule has 1 aliphatic rings. The zero-order valence-corrected chi connectivity index (χ0v) is 17.6. The van der Waals surface area contributed by atoms with E-state index >= 15 is 0 Å². The van der Waals surface area contributed by atoms with Crippen molar-refractivity contribution in [3.05, 3.63) is 65.4 Å².